The standard InChI is InChI=1S/C20H21F3N2O2/c1-27-19(26)17-13-25(12-11-24-17)18(14-5-3-2-4-6-14)15-7-9-16(10-8-15)20(21,22)23/h2-10,17-18,24H,11-13H2,1H3/t17-,18?/m0/s1. The molecule has 144 valence electrons. The van der Waals surface area contributed by atoms with Crippen molar-refractivity contribution < 1.29 is 22.7 Å². The number of carbonyl (C=O) groups is 1. The van der Waals surface area contributed by atoms with Gasteiger partial charge in [0.15, 0.2) is 0 Å². The minimum absolute atomic E-state index is 0.247. The average Bonchev–Trinajstić information content (AvgIpc) is 2.68. The van der Waals surface area contributed by atoms with Gasteiger partial charge in [-0.1, -0.05) is 42.5 Å². The van der Waals surface area contributed by atoms with Gasteiger partial charge in [0.25, 0.3) is 0 Å². The number of methoxy groups -OCH3 is 1. The number of hydrogen-bond donors (Lipinski definition) is 1. The first-order valence-corrected chi connectivity index (χ1v) is 8.67. The van der Waals surface area contributed by atoms with Crippen LogP contribution in [0, 0.1) is 0 Å². The molecule has 1 aliphatic heterocycles. The number of nitrogens with zero attached hydrogens (tertiary/aromatic N) is 1. The summed E-state index contributed by atoms with van der Waals surface area (Å²) in [5, 5.41) is 3.12. The van der Waals surface area contributed by atoms with E-state index in [0.29, 0.717) is 19.6 Å². The van der Waals surface area contributed by atoms with Gasteiger partial charge in [0, 0.05) is 19.6 Å². The SMILES string of the molecule is COC(=O)[C@@H]1CN(C(c2ccccc2)c2ccc(C(F)(F)F)cc2)CCN1. The van der Waals surface area contributed by atoms with Crippen molar-refractivity contribution in [3.8, 4) is 0 Å². The molecule has 1 unspecified atom stereocenters. The average molecular weight is 378 g/mol. The fourth-order valence-corrected chi connectivity index (χ4v) is 3.41. The van der Waals surface area contributed by atoms with Crippen LogP contribution in [0.1, 0.15) is 22.7 Å². The predicted octanol–water partition coefficient (Wildman–Crippen LogP) is 3.24. The van der Waals surface area contributed by atoms with Gasteiger partial charge in [-0.25, -0.2) is 0 Å². The molecule has 0 aliphatic carbocycles. The van der Waals surface area contributed by atoms with Gasteiger partial charge in [0.2, 0.25) is 0 Å². The number of ether oxygens (including phenoxy) is 1. The number of benzene rings is 2. The Morgan fingerprint density at radius 2 is 1.74 bits per heavy atom. The minimum Gasteiger partial charge on any atom is -0.468 e. The number of alkyl halides is 3. The van der Waals surface area contributed by atoms with Crippen LogP contribution in [0.25, 0.3) is 0 Å². The van der Waals surface area contributed by atoms with E-state index in [4.69, 9.17) is 4.74 Å². The molecule has 1 heterocycles. The summed E-state index contributed by atoms with van der Waals surface area (Å²) in [6.45, 7) is 1.66. The second-order valence-corrected chi connectivity index (χ2v) is 6.46. The third-order valence-electron chi connectivity index (χ3n) is 4.73. The Kier molecular flexibility index (Phi) is 5.82. The Labute approximate surface area is 155 Å². The molecule has 2 atom stereocenters. The summed E-state index contributed by atoms with van der Waals surface area (Å²) < 4.78 is 43.6. The van der Waals surface area contributed by atoms with E-state index in [9.17, 15) is 18.0 Å². The molecule has 2 aromatic rings. The lowest BCUT2D eigenvalue weighted by Crippen LogP contribution is -2.55. The molecule has 0 radical (unpaired) electrons. The van der Waals surface area contributed by atoms with E-state index < -0.39 is 17.8 Å². The molecule has 7 heteroatoms. The van der Waals surface area contributed by atoms with Gasteiger partial charge in [-0.05, 0) is 23.3 Å². The van der Waals surface area contributed by atoms with Gasteiger partial charge >= 0.3 is 12.1 Å². The molecule has 0 amide bonds. The van der Waals surface area contributed by atoms with Crippen molar-refractivity contribution in [2.24, 2.45) is 0 Å². The van der Waals surface area contributed by atoms with Crippen LogP contribution in [-0.2, 0) is 15.7 Å². The van der Waals surface area contributed by atoms with Crippen molar-refractivity contribution in [3.05, 3.63) is 71.3 Å². The summed E-state index contributed by atoms with van der Waals surface area (Å²) in [5.41, 5.74) is 1.04. The summed E-state index contributed by atoms with van der Waals surface area (Å²) in [7, 11) is 1.34. The fraction of sp³-hybridized carbons (Fsp3) is 0.350. The summed E-state index contributed by atoms with van der Waals surface area (Å²) in [4.78, 5) is 14.0. The smallest absolute Gasteiger partial charge is 0.416 e. The lowest BCUT2D eigenvalue weighted by molar-refractivity contribution is -0.144. The van der Waals surface area contributed by atoms with E-state index in [1.807, 2.05) is 30.3 Å². The Bertz CT molecular complexity index is 763. The number of halogens is 3. The maximum Gasteiger partial charge on any atom is 0.416 e. The Morgan fingerprint density at radius 1 is 1.11 bits per heavy atom. The second-order valence-electron chi connectivity index (χ2n) is 6.46. The zero-order valence-corrected chi connectivity index (χ0v) is 14.9. The highest BCUT2D eigenvalue weighted by molar-refractivity contribution is 5.76. The van der Waals surface area contributed by atoms with Crippen molar-refractivity contribution in [1.29, 1.82) is 0 Å². The third-order valence-corrected chi connectivity index (χ3v) is 4.73. The van der Waals surface area contributed by atoms with Crippen LogP contribution in [0.4, 0.5) is 13.2 Å². The third kappa shape index (κ3) is 4.48. The Balaban J connectivity index is 1.94. The molecule has 1 aliphatic rings. The number of nitrogens with one attached hydrogen (secondary N) is 1. The first kappa shape index (κ1) is 19.4. The zero-order valence-electron chi connectivity index (χ0n) is 14.9. The minimum atomic E-state index is -4.37. The van der Waals surface area contributed by atoms with Gasteiger partial charge in [-0.2, -0.15) is 13.2 Å². The van der Waals surface area contributed by atoms with Crippen molar-refractivity contribution in [3.63, 3.8) is 0 Å². The summed E-state index contributed by atoms with van der Waals surface area (Å²) in [6, 6.07) is 14.1. The van der Waals surface area contributed by atoms with E-state index in [1.54, 1.807) is 0 Å². The first-order chi connectivity index (χ1) is 12.9. The predicted molar refractivity (Wildman–Crippen MR) is 95.1 cm³/mol. The molecular formula is C20H21F3N2O2. The summed E-state index contributed by atoms with van der Waals surface area (Å²) in [6.07, 6.45) is -4.37. The van der Waals surface area contributed by atoms with Crippen molar-refractivity contribution >= 4 is 5.97 Å². The van der Waals surface area contributed by atoms with E-state index >= 15 is 0 Å². The van der Waals surface area contributed by atoms with Gasteiger partial charge in [0.05, 0.1) is 18.7 Å². The molecule has 0 saturated carbocycles. The molecule has 3 rings (SSSR count). The molecule has 1 N–H and O–H groups in total. The summed E-state index contributed by atoms with van der Waals surface area (Å²) >= 11 is 0. The van der Waals surface area contributed by atoms with Crippen LogP contribution in [-0.4, -0.2) is 43.7 Å². The molecular weight excluding hydrogens is 357 g/mol. The molecule has 27 heavy (non-hydrogen) atoms. The highest BCUT2D eigenvalue weighted by atomic mass is 19.4. The molecule has 2 aromatic carbocycles. The van der Waals surface area contributed by atoms with Crippen LogP contribution in [0.2, 0.25) is 0 Å². The lowest BCUT2D eigenvalue weighted by Gasteiger charge is -2.38. The highest BCUT2D eigenvalue weighted by Crippen LogP contribution is 2.33. The van der Waals surface area contributed by atoms with E-state index in [0.717, 1.165) is 23.3 Å². The topological polar surface area (TPSA) is 41.6 Å². The number of hydrogen-bond acceptors (Lipinski definition) is 4. The summed E-state index contributed by atoms with van der Waals surface area (Å²) in [5.74, 6) is -0.348. The van der Waals surface area contributed by atoms with Crippen molar-refractivity contribution in [2.45, 2.75) is 18.3 Å². The molecule has 1 fully saturated rings. The fourth-order valence-electron chi connectivity index (χ4n) is 3.41. The van der Waals surface area contributed by atoms with Gasteiger partial charge < -0.3 is 10.1 Å². The van der Waals surface area contributed by atoms with Crippen LogP contribution < -0.4 is 5.32 Å². The first-order valence-electron chi connectivity index (χ1n) is 8.67. The van der Waals surface area contributed by atoms with Crippen LogP contribution >= 0.6 is 0 Å². The van der Waals surface area contributed by atoms with Gasteiger partial charge in [0.1, 0.15) is 6.04 Å². The largest absolute Gasteiger partial charge is 0.468 e. The molecule has 0 aromatic heterocycles. The maximum atomic E-state index is 12.9. The Hall–Kier alpha value is -2.38. The van der Waals surface area contributed by atoms with Gasteiger partial charge in [-0.3, -0.25) is 9.69 Å². The van der Waals surface area contributed by atoms with Crippen LogP contribution in [0.5, 0.6) is 0 Å². The number of piperazine rings is 1. The number of rotatable bonds is 4. The normalized spacial score (nSPS) is 19.5. The quantitative estimate of drug-likeness (QED) is 0.830. The number of esters is 1. The van der Waals surface area contributed by atoms with Crippen LogP contribution in [0.15, 0.2) is 54.6 Å². The van der Waals surface area contributed by atoms with Gasteiger partial charge in [-0.15, -0.1) is 0 Å². The monoisotopic (exact) mass is 378 g/mol. The maximum absolute atomic E-state index is 12.9. The Morgan fingerprint density at radius 3 is 2.33 bits per heavy atom. The highest BCUT2D eigenvalue weighted by Gasteiger charge is 2.33. The van der Waals surface area contributed by atoms with E-state index in [1.165, 1.54) is 19.2 Å². The van der Waals surface area contributed by atoms with Crippen molar-refractivity contribution in [1.82, 2.24) is 10.2 Å². The zero-order chi connectivity index (χ0) is 19.4. The number of carbonyl (C=O) groups excluding carboxylic acids is 1. The molecule has 1 saturated heterocycles. The molecule has 4 nitrogen and oxygen atoms in total. The van der Waals surface area contributed by atoms with Crippen LogP contribution in [0.3, 0.4) is 0 Å². The van der Waals surface area contributed by atoms with E-state index in [-0.39, 0.29) is 12.0 Å². The molecule has 0 spiro atoms. The molecule has 0 bridgehead atoms. The van der Waals surface area contributed by atoms with E-state index in [2.05, 4.69) is 10.2 Å². The van der Waals surface area contributed by atoms with Crippen molar-refractivity contribution in [2.75, 3.05) is 26.7 Å². The second kappa shape index (κ2) is 8.10. The lowest BCUT2D eigenvalue weighted by atomic mass is 9.95.